The molecule has 0 aromatic carbocycles. The summed E-state index contributed by atoms with van der Waals surface area (Å²) in [6.45, 7) is 12.2. The minimum absolute atomic E-state index is 0.0418. The fourth-order valence-electron chi connectivity index (χ4n) is 1.52. The van der Waals surface area contributed by atoms with E-state index in [0.717, 1.165) is 6.54 Å². The second kappa shape index (κ2) is 17.1. The zero-order valence-corrected chi connectivity index (χ0v) is 16.2. The number of alkyl halides is 1. The molecule has 1 atom stereocenters. The maximum absolute atomic E-state index is 14.0. The Kier molecular flexibility index (Phi) is 18.1. The van der Waals surface area contributed by atoms with Gasteiger partial charge in [0.1, 0.15) is 6.17 Å². The van der Waals surface area contributed by atoms with Crippen LogP contribution >= 0.6 is 0 Å². The number of amides is 1. The number of ether oxygens (including phenoxy) is 3. The number of rotatable bonds is 14. The van der Waals surface area contributed by atoms with Crippen LogP contribution in [0.1, 0.15) is 41.0 Å². The first-order chi connectivity index (χ1) is 11.4. The summed E-state index contributed by atoms with van der Waals surface area (Å²) in [6, 6.07) is 0. The normalized spacial score (nSPS) is 12.3. The van der Waals surface area contributed by atoms with Gasteiger partial charge in [0.05, 0.1) is 45.2 Å². The molecule has 0 aliphatic carbocycles. The number of halogens is 1. The molecule has 0 saturated heterocycles. The summed E-state index contributed by atoms with van der Waals surface area (Å²) in [5.74, 6) is -0.167. The van der Waals surface area contributed by atoms with E-state index in [-0.39, 0.29) is 12.5 Å². The lowest BCUT2D eigenvalue weighted by atomic mass is 10.0. The molecule has 0 fully saturated rings. The Bertz CT molecular complexity index is 292. The van der Waals surface area contributed by atoms with Gasteiger partial charge in [0.25, 0.3) is 0 Å². The van der Waals surface area contributed by atoms with E-state index in [2.05, 4.69) is 10.6 Å². The molecule has 2 N–H and O–H groups in total. The fraction of sp³-hybridized carbons (Fsp3) is 0.941. The minimum atomic E-state index is -1.27. The lowest BCUT2D eigenvalue weighted by Crippen LogP contribution is -2.44. The summed E-state index contributed by atoms with van der Waals surface area (Å²) in [5.41, 5.74) is -0.965. The summed E-state index contributed by atoms with van der Waals surface area (Å²) < 4.78 is 30.2. The first-order valence-corrected chi connectivity index (χ1v) is 8.78. The van der Waals surface area contributed by atoms with Crippen LogP contribution in [0.25, 0.3) is 0 Å². The van der Waals surface area contributed by atoms with Crippen LogP contribution in [-0.4, -0.2) is 70.9 Å². The van der Waals surface area contributed by atoms with Crippen molar-refractivity contribution in [3.8, 4) is 0 Å². The topological polar surface area (TPSA) is 68.8 Å². The fourth-order valence-corrected chi connectivity index (χ4v) is 1.52. The number of carbonyl (C=O) groups is 1. The van der Waals surface area contributed by atoms with E-state index in [9.17, 15) is 9.18 Å². The zero-order chi connectivity index (χ0) is 18.8. The molecule has 0 aliphatic rings. The van der Waals surface area contributed by atoms with Gasteiger partial charge in [-0.05, 0) is 20.9 Å². The van der Waals surface area contributed by atoms with Gasteiger partial charge in [-0.3, -0.25) is 4.79 Å². The number of likely N-dealkylation sites (N-methyl/N-ethyl adjacent to an activating group) is 1. The van der Waals surface area contributed by atoms with Crippen LogP contribution in [0, 0.1) is 0 Å². The maximum atomic E-state index is 14.0. The number of hydrogen-bond donors (Lipinski definition) is 2. The summed E-state index contributed by atoms with van der Waals surface area (Å²) in [6.07, 6.45) is -0.925. The maximum Gasteiger partial charge on any atom is 0.219 e. The molecule has 0 aliphatic heterocycles. The van der Waals surface area contributed by atoms with Crippen molar-refractivity contribution < 1.29 is 23.4 Å². The largest absolute Gasteiger partial charge is 0.378 e. The highest BCUT2D eigenvalue weighted by molar-refractivity contribution is 5.75. The van der Waals surface area contributed by atoms with Crippen molar-refractivity contribution in [3.63, 3.8) is 0 Å². The molecule has 7 heteroatoms. The van der Waals surface area contributed by atoms with Gasteiger partial charge in [0, 0.05) is 13.0 Å². The van der Waals surface area contributed by atoms with Crippen molar-refractivity contribution in [2.45, 2.75) is 52.8 Å². The highest BCUT2D eigenvalue weighted by atomic mass is 19.1. The van der Waals surface area contributed by atoms with E-state index in [1.165, 1.54) is 0 Å². The van der Waals surface area contributed by atoms with E-state index in [1.54, 1.807) is 20.8 Å². The molecule has 0 heterocycles. The third-order valence-electron chi connectivity index (χ3n) is 3.12. The Balaban J connectivity index is 0. The van der Waals surface area contributed by atoms with Crippen LogP contribution in [-0.2, 0) is 19.0 Å². The van der Waals surface area contributed by atoms with Gasteiger partial charge in [-0.1, -0.05) is 20.8 Å². The van der Waals surface area contributed by atoms with Gasteiger partial charge < -0.3 is 24.8 Å². The summed E-state index contributed by atoms with van der Waals surface area (Å²) in [4.78, 5) is 11.1. The van der Waals surface area contributed by atoms with E-state index < -0.39 is 11.8 Å². The molecule has 0 aromatic rings. The van der Waals surface area contributed by atoms with Crippen LogP contribution in [0.5, 0.6) is 0 Å². The molecule has 0 saturated carbocycles. The van der Waals surface area contributed by atoms with Crippen molar-refractivity contribution in [2.24, 2.45) is 0 Å². The zero-order valence-electron chi connectivity index (χ0n) is 16.2. The molecule has 0 radical (unpaired) electrons. The second-order valence-corrected chi connectivity index (χ2v) is 5.41. The number of nitrogens with one attached hydrogen (secondary N) is 2. The van der Waals surface area contributed by atoms with Gasteiger partial charge in [0.2, 0.25) is 5.91 Å². The average Bonchev–Trinajstić information content (AvgIpc) is 2.59. The van der Waals surface area contributed by atoms with Crippen LogP contribution < -0.4 is 10.6 Å². The number of hydrogen-bond acceptors (Lipinski definition) is 5. The first-order valence-electron chi connectivity index (χ1n) is 8.78. The SMILES string of the molecule is CC.CCC(=O)NCC(F)C(C)(C)OCCOCCOCCNC. The summed E-state index contributed by atoms with van der Waals surface area (Å²) in [7, 11) is 1.87. The lowest BCUT2D eigenvalue weighted by molar-refractivity contribution is -0.122. The van der Waals surface area contributed by atoms with E-state index in [0.29, 0.717) is 39.5 Å². The molecule has 146 valence electrons. The standard InChI is InChI=1S/C15H31FN2O4.C2H6/c1-5-14(19)18-12-13(16)15(2,3)22-11-10-21-9-8-20-7-6-17-4;1-2/h13,17H,5-12H2,1-4H3,(H,18,19);1-2H3. The quantitative estimate of drug-likeness (QED) is 0.468. The van der Waals surface area contributed by atoms with E-state index in [1.807, 2.05) is 20.9 Å². The molecule has 24 heavy (non-hydrogen) atoms. The van der Waals surface area contributed by atoms with Crippen molar-refractivity contribution in [1.29, 1.82) is 0 Å². The van der Waals surface area contributed by atoms with Gasteiger partial charge in [-0.2, -0.15) is 0 Å². The molecule has 0 aromatic heterocycles. The molecule has 0 rings (SSSR count). The Morgan fingerprint density at radius 3 is 2.17 bits per heavy atom. The molecule has 0 spiro atoms. The monoisotopic (exact) mass is 352 g/mol. The van der Waals surface area contributed by atoms with Crippen LogP contribution in [0.15, 0.2) is 0 Å². The molecule has 0 bridgehead atoms. The highest BCUT2D eigenvalue weighted by Gasteiger charge is 2.30. The average molecular weight is 352 g/mol. The van der Waals surface area contributed by atoms with Crippen LogP contribution in [0.2, 0.25) is 0 Å². The van der Waals surface area contributed by atoms with Gasteiger partial charge in [0.15, 0.2) is 0 Å². The van der Waals surface area contributed by atoms with Crippen molar-refractivity contribution in [2.75, 3.05) is 53.2 Å². The van der Waals surface area contributed by atoms with Gasteiger partial charge in [-0.15, -0.1) is 0 Å². The Hall–Kier alpha value is -0.760. The Morgan fingerprint density at radius 2 is 1.62 bits per heavy atom. The lowest BCUT2D eigenvalue weighted by Gasteiger charge is -2.29. The highest BCUT2D eigenvalue weighted by Crippen LogP contribution is 2.17. The second-order valence-electron chi connectivity index (χ2n) is 5.41. The van der Waals surface area contributed by atoms with Crippen LogP contribution in [0.4, 0.5) is 4.39 Å². The predicted octanol–water partition coefficient (Wildman–Crippen LogP) is 1.92. The molecular weight excluding hydrogens is 315 g/mol. The minimum Gasteiger partial charge on any atom is -0.378 e. The smallest absolute Gasteiger partial charge is 0.219 e. The third-order valence-corrected chi connectivity index (χ3v) is 3.12. The summed E-state index contributed by atoms with van der Waals surface area (Å²) in [5, 5.41) is 5.51. The number of carbonyl (C=O) groups excluding carboxylic acids is 1. The Labute approximate surface area is 146 Å². The van der Waals surface area contributed by atoms with Gasteiger partial charge in [-0.25, -0.2) is 4.39 Å². The third kappa shape index (κ3) is 14.8. The molecule has 1 unspecified atom stereocenters. The summed E-state index contributed by atoms with van der Waals surface area (Å²) >= 11 is 0. The first kappa shape index (κ1) is 25.5. The van der Waals surface area contributed by atoms with E-state index >= 15 is 0 Å². The molecule has 1 amide bonds. The Morgan fingerprint density at radius 1 is 1.08 bits per heavy atom. The van der Waals surface area contributed by atoms with Crippen molar-refractivity contribution in [1.82, 2.24) is 10.6 Å². The molecule has 6 nitrogen and oxygen atoms in total. The van der Waals surface area contributed by atoms with Gasteiger partial charge >= 0.3 is 0 Å². The predicted molar refractivity (Wildman–Crippen MR) is 95.1 cm³/mol. The van der Waals surface area contributed by atoms with Crippen LogP contribution in [0.3, 0.4) is 0 Å². The molecular formula is C17H37FN2O4. The van der Waals surface area contributed by atoms with Crippen molar-refractivity contribution in [3.05, 3.63) is 0 Å². The van der Waals surface area contributed by atoms with E-state index in [4.69, 9.17) is 14.2 Å². The van der Waals surface area contributed by atoms with Crippen molar-refractivity contribution >= 4 is 5.91 Å².